The van der Waals surface area contributed by atoms with Gasteiger partial charge in [0.15, 0.2) is 0 Å². The van der Waals surface area contributed by atoms with E-state index in [1.54, 1.807) is 31.2 Å². The molecule has 0 unspecified atom stereocenters. The number of esters is 1. The van der Waals surface area contributed by atoms with Crippen LogP contribution < -0.4 is 10.4 Å². The van der Waals surface area contributed by atoms with Gasteiger partial charge >= 0.3 is 11.6 Å². The molecule has 0 radical (unpaired) electrons. The molecule has 3 rings (SSSR count). The van der Waals surface area contributed by atoms with Crippen LogP contribution in [0.1, 0.15) is 32.6 Å². The van der Waals surface area contributed by atoms with E-state index in [0.717, 1.165) is 22.1 Å². The summed E-state index contributed by atoms with van der Waals surface area (Å²) in [5.41, 5.74) is 3.99. The van der Waals surface area contributed by atoms with E-state index in [4.69, 9.17) is 9.15 Å². The van der Waals surface area contributed by atoms with E-state index in [1.807, 2.05) is 26.8 Å². The van der Waals surface area contributed by atoms with Gasteiger partial charge in [0.2, 0.25) is 0 Å². The van der Waals surface area contributed by atoms with Gasteiger partial charge in [-0.05, 0) is 57.5 Å². The monoisotopic (exact) mass is 322 g/mol. The van der Waals surface area contributed by atoms with Crippen molar-refractivity contribution in [3.8, 4) is 5.75 Å². The largest absolute Gasteiger partial charge is 0.423 e. The van der Waals surface area contributed by atoms with Crippen molar-refractivity contribution in [3.63, 3.8) is 0 Å². The normalized spacial score (nSPS) is 10.8. The molecule has 1 heterocycles. The standard InChI is InChI=1S/C20H18O4/c1-11-7-12(2)9-15(8-11)20(22)23-17-6-5-16-13(3)10-18(21)24-19(16)14(17)4/h5-10H,1-4H3. The summed E-state index contributed by atoms with van der Waals surface area (Å²) in [5.74, 6) is -0.0420. The van der Waals surface area contributed by atoms with Gasteiger partial charge in [-0.3, -0.25) is 0 Å². The summed E-state index contributed by atoms with van der Waals surface area (Å²) in [6.07, 6.45) is 0. The molecule has 24 heavy (non-hydrogen) atoms. The van der Waals surface area contributed by atoms with Crippen molar-refractivity contribution in [1.82, 2.24) is 0 Å². The maximum absolute atomic E-state index is 12.4. The summed E-state index contributed by atoms with van der Waals surface area (Å²) in [7, 11) is 0. The summed E-state index contributed by atoms with van der Waals surface area (Å²) in [4.78, 5) is 24.0. The second kappa shape index (κ2) is 5.96. The number of aryl methyl sites for hydroxylation is 4. The van der Waals surface area contributed by atoms with Gasteiger partial charge in [0.05, 0.1) is 5.56 Å². The third-order valence-corrected chi connectivity index (χ3v) is 3.98. The molecule has 0 bridgehead atoms. The molecule has 0 saturated carbocycles. The summed E-state index contributed by atoms with van der Waals surface area (Å²) in [5, 5.41) is 0.832. The lowest BCUT2D eigenvalue weighted by Gasteiger charge is -2.11. The highest BCUT2D eigenvalue weighted by atomic mass is 16.5. The fraction of sp³-hybridized carbons (Fsp3) is 0.200. The van der Waals surface area contributed by atoms with Crippen LogP contribution in [0.3, 0.4) is 0 Å². The van der Waals surface area contributed by atoms with Crippen LogP contribution in [-0.2, 0) is 0 Å². The Morgan fingerprint density at radius 2 is 1.62 bits per heavy atom. The van der Waals surface area contributed by atoms with Gasteiger partial charge < -0.3 is 9.15 Å². The maximum atomic E-state index is 12.4. The van der Waals surface area contributed by atoms with Crippen LogP contribution in [0.5, 0.6) is 5.75 Å². The van der Waals surface area contributed by atoms with Crippen molar-refractivity contribution in [2.75, 3.05) is 0 Å². The van der Waals surface area contributed by atoms with E-state index in [2.05, 4.69) is 0 Å². The van der Waals surface area contributed by atoms with Crippen LogP contribution in [0.25, 0.3) is 11.0 Å². The Hall–Kier alpha value is -2.88. The van der Waals surface area contributed by atoms with E-state index < -0.39 is 11.6 Å². The Balaban J connectivity index is 2.02. The highest BCUT2D eigenvalue weighted by molar-refractivity contribution is 5.93. The minimum absolute atomic E-state index is 0.389. The second-order valence-corrected chi connectivity index (χ2v) is 6.08. The number of benzene rings is 2. The van der Waals surface area contributed by atoms with Gasteiger partial charge in [0, 0.05) is 17.0 Å². The topological polar surface area (TPSA) is 56.5 Å². The van der Waals surface area contributed by atoms with Gasteiger partial charge in [-0.25, -0.2) is 9.59 Å². The fourth-order valence-electron chi connectivity index (χ4n) is 2.86. The van der Waals surface area contributed by atoms with E-state index in [1.165, 1.54) is 6.07 Å². The number of hydrogen-bond acceptors (Lipinski definition) is 4. The third-order valence-electron chi connectivity index (χ3n) is 3.98. The fourth-order valence-corrected chi connectivity index (χ4v) is 2.86. The quantitative estimate of drug-likeness (QED) is 0.402. The predicted molar refractivity (Wildman–Crippen MR) is 92.8 cm³/mol. The van der Waals surface area contributed by atoms with Crippen molar-refractivity contribution < 1.29 is 13.9 Å². The first-order valence-corrected chi connectivity index (χ1v) is 7.69. The van der Waals surface area contributed by atoms with Crippen molar-refractivity contribution in [3.05, 3.63) is 74.6 Å². The Morgan fingerprint density at radius 3 is 2.29 bits per heavy atom. The number of rotatable bonds is 2. The van der Waals surface area contributed by atoms with Crippen LogP contribution in [-0.4, -0.2) is 5.97 Å². The van der Waals surface area contributed by atoms with E-state index in [-0.39, 0.29) is 0 Å². The first kappa shape index (κ1) is 16.0. The highest BCUT2D eigenvalue weighted by Crippen LogP contribution is 2.28. The van der Waals surface area contributed by atoms with Gasteiger partial charge in [0.1, 0.15) is 11.3 Å². The first-order chi connectivity index (χ1) is 11.3. The summed E-state index contributed by atoms with van der Waals surface area (Å²) >= 11 is 0. The molecule has 4 heteroatoms. The first-order valence-electron chi connectivity index (χ1n) is 7.69. The van der Waals surface area contributed by atoms with Crippen molar-refractivity contribution in [1.29, 1.82) is 0 Å². The Labute approximate surface area is 139 Å². The number of hydrogen-bond donors (Lipinski definition) is 0. The molecule has 1 aromatic heterocycles. The Morgan fingerprint density at radius 1 is 0.958 bits per heavy atom. The average molecular weight is 322 g/mol. The van der Waals surface area contributed by atoms with Gasteiger partial charge in [-0.1, -0.05) is 17.2 Å². The van der Waals surface area contributed by atoms with Gasteiger partial charge in [0.25, 0.3) is 0 Å². The Bertz CT molecular complexity index is 992. The van der Waals surface area contributed by atoms with Crippen molar-refractivity contribution >= 4 is 16.9 Å². The lowest BCUT2D eigenvalue weighted by atomic mass is 10.1. The zero-order valence-electron chi connectivity index (χ0n) is 14.1. The molecule has 0 atom stereocenters. The summed E-state index contributed by atoms with van der Waals surface area (Å²) in [6.45, 7) is 7.49. The molecular weight excluding hydrogens is 304 g/mol. The third kappa shape index (κ3) is 2.95. The molecule has 0 amide bonds. The molecule has 0 saturated heterocycles. The Kier molecular flexibility index (Phi) is 3.97. The molecular formula is C20H18O4. The molecule has 2 aromatic carbocycles. The van der Waals surface area contributed by atoms with Crippen LogP contribution in [0.4, 0.5) is 0 Å². The zero-order valence-corrected chi connectivity index (χ0v) is 14.1. The SMILES string of the molecule is Cc1cc(C)cc(C(=O)Oc2ccc3c(C)cc(=O)oc3c2C)c1. The zero-order chi connectivity index (χ0) is 17.4. The lowest BCUT2D eigenvalue weighted by Crippen LogP contribution is -2.10. The van der Waals surface area contributed by atoms with Gasteiger partial charge in [-0.15, -0.1) is 0 Å². The number of ether oxygens (including phenoxy) is 1. The molecule has 3 aromatic rings. The number of carbonyl (C=O) groups is 1. The van der Waals surface area contributed by atoms with E-state index in [9.17, 15) is 9.59 Å². The minimum Gasteiger partial charge on any atom is -0.423 e. The number of fused-ring (bicyclic) bond motifs is 1. The van der Waals surface area contributed by atoms with Crippen molar-refractivity contribution in [2.24, 2.45) is 0 Å². The van der Waals surface area contributed by atoms with Crippen LogP contribution in [0, 0.1) is 27.7 Å². The maximum Gasteiger partial charge on any atom is 0.343 e. The molecule has 0 spiro atoms. The molecule has 4 nitrogen and oxygen atoms in total. The van der Waals surface area contributed by atoms with E-state index in [0.29, 0.717) is 22.5 Å². The average Bonchev–Trinajstić information content (AvgIpc) is 2.49. The van der Waals surface area contributed by atoms with Crippen LogP contribution in [0.2, 0.25) is 0 Å². The van der Waals surface area contributed by atoms with Crippen LogP contribution in [0.15, 0.2) is 45.6 Å². The molecule has 0 aliphatic rings. The minimum atomic E-state index is -0.431. The molecule has 0 fully saturated rings. The molecule has 0 aliphatic heterocycles. The van der Waals surface area contributed by atoms with E-state index >= 15 is 0 Å². The predicted octanol–water partition coefficient (Wildman–Crippen LogP) is 4.25. The highest BCUT2D eigenvalue weighted by Gasteiger charge is 2.15. The lowest BCUT2D eigenvalue weighted by molar-refractivity contribution is 0.0733. The molecule has 0 aliphatic carbocycles. The number of carbonyl (C=O) groups excluding carboxylic acids is 1. The second-order valence-electron chi connectivity index (χ2n) is 6.08. The van der Waals surface area contributed by atoms with Crippen molar-refractivity contribution in [2.45, 2.75) is 27.7 Å². The summed E-state index contributed by atoms with van der Waals surface area (Å²) < 4.78 is 10.8. The molecule has 0 N–H and O–H groups in total. The smallest absolute Gasteiger partial charge is 0.343 e. The van der Waals surface area contributed by atoms with Crippen LogP contribution >= 0.6 is 0 Å². The van der Waals surface area contributed by atoms with Gasteiger partial charge in [-0.2, -0.15) is 0 Å². The molecule has 122 valence electrons. The summed E-state index contributed by atoms with van der Waals surface area (Å²) in [6, 6.07) is 10.5.